The Hall–Kier alpha value is -0.700. The fourth-order valence-corrected chi connectivity index (χ4v) is 3.18. The lowest BCUT2D eigenvalue weighted by Gasteiger charge is -2.14. The molecule has 4 heteroatoms. The maximum Gasteiger partial charge on any atom is 0.133 e. The summed E-state index contributed by atoms with van der Waals surface area (Å²) in [7, 11) is 0. The van der Waals surface area contributed by atoms with E-state index in [1.807, 2.05) is 37.3 Å². The zero-order valence-corrected chi connectivity index (χ0v) is 15.1. The smallest absolute Gasteiger partial charge is 0.133 e. The first-order valence-corrected chi connectivity index (χ1v) is 8.45. The van der Waals surface area contributed by atoms with Gasteiger partial charge in [-0.2, -0.15) is 0 Å². The Labute approximate surface area is 144 Å². The van der Waals surface area contributed by atoms with Gasteiger partial charge in [0.05, 0.1) is 16.5 Å². The van der Waals surface area contributed by atoms with Crippen LogP contribution >= 0.6 is 39.1 Å². The van der Waals surface area contributed by atoms with Crippen LogP contribution in [0.15, 0.2) is 40.9 Å². The quantitative estimate of drug-likeness (QED) is 0.530. The molecule has 1 nitrogen and oxygen atoms in total. The Kier molecular flexibility index (Phi) is 5.98. The van der Waals surface area contributed by atoms with Gasteiger partial charge in [-0.15, -0.1) is 11.6 Å². The minimum atomic E-state index is -0.237. The van der Waals surface area contributed by atoms with Crippen molar-refractivity contribution in [2.24, 2.45) is 0 Å². The second-order valence-electron chi connectivity index (χ2n) is 4.96. The number of aryl methyl sites for hydroxylation is 1. The van der Waals surface area contributed by atoms with E-state index >= 15 is 0 Å². The van der Waals surface area contributed by atoms with Gasteiger partial charge in [-0.3, -0.25) is 0 Å². The van der Waals surface area contributed by atoms with Crippen LogP contribution in [-0.2, 0) is 0 Å². The van der Waals surface area contributed by atoms with E-state index in [9.17, 15) is 0 Å². The average Bonchev–Trinajstić information content (AvgIpc) is 2.44. The summed E-state index contributed by atoms with van der Waals surface area (Å²) < 4.78 is 6.57. The molecule has 0 bridgehead atoms. The molecule has 0 aliphatic carbocycles. The molecular formula is C17H17BrCl2O. The fourth-order valence-electron chi connectivity index (χ4n) is 2.11. The van der Waals surface area contributed by atoms with Crippen molar-refractivity contribution in [2.45, 2.75) is 25.6 Å². The Balaban J connectivity index is 2.26. The topological polar surface area (TPSA) is 9.23 Å². The van der Waals surface area contributed by atoms with Crippen LogP contribution < -0.4 is 4.74 Å². The minimum absolute atomic E-state index is 0.237. The summed E-state index contributed by atoms with van der Waals surface area (Å²) in [5, 5.41) is 0.469. The summed E-state index contributed by atoms with van der Waals surface area (Å²) in [5.74, 6) is 0.840. The molecule has 0 heterocycles. The lowest BCUT2D eigenvalue weighted by atomic mass is 10.0. The van der Waals surface area contributed by atoms with Gasteiger partial charge in [0.1, 0.15) is 5.75 Å². The number of hydrogen-bond acceptors (Lipinski definition) is 1. The van der Waals surface area contributed by atoms with Crippen LogP contribution in [0.5, 0.6) is 5.75 Å². The lowest BCUT2D eigenvalue weighted by Crippen LogP contribution is -1.98. The monoisotopic (exact) mass is 386 g/mol. The largest absolute Gasteiger partial charge is 0.492 e. The van der Waals surface area contributed by atoms with Crippen molar-refractivity contribution >= 4 is 39.1 Å². The van der Waals surface area contributed by atoms with E-state index in [2.05, 4.69) is 28.9 Å². The molecule has 0 aliphatic rings. The molecule has 2 aromatic carbocycles. The van der Waals surface area contributed by atoms with Gasteiger partial charge >= 0.3 is 0 Å². The summed E-state index contributed by atoms with van der Waals surface area (Å²) in [5.41, 5.74) is 3.11. The number of alkyl halides is 1. The van der Waals surface area contributed by atoms with Gasteiger partial charge in [-0.05, 0) is 70.2 Å². The Morgan fingerprint density at radius 1 is 1.14 bits per heavy atom. The molecule has 0 amide bonds. The maximum atomic E-state index is 6.58. The number of rotatable bonds is 5. The van der Waals surface area contributed by atoms with E-state index in [0.29, 0.717) is 11.6 Å². The van der Waals surface area contributed by atoms with Gasteiger partial charge in [-0.25, -0.2) is 0 Å². The predicted octanol–water partition coefficient (Wildman–Crippen LogP) is 6.53. The molecule has 0 saturated carbocycles. The van der Waals surface area contributed by atoms with E-state index in [1.165, 1.54) is 0 Å². The molecule has 0 fully saturated rings. The molecule has 0 spiro atoms. The van der Waals surface area contributed by atoms with E-state index < -0.39 is 0 Å². The Morgan fingerprint density at radius 3 is 2.52 bits per heavy atom. The zero-order chi connectivity index (χ0) is 15.4. The predicted molar refractivity (Wildman–Crippen MR) is 93.8 cm³/mol. The number of hydrogen-bond donors (Lipinski definition) is 0. The van der Waals surface area contributed by atoms with Crippen molar-refractivity contribution in [3.63, 3.8) is 0 Å². The van der Waals surface area contributed by atoms with Gasteiger partial charge in [0.15, 0.2) is 0 Å². The van der Waals surface area contributed by atoms with Crippen LogP contribution in [-0.4, -0.2) is 6.61 Å². The molecule has 2 rings (SSSR count). The molecule has 1 unspecified atom stereocenters. The molecule has 112 valence electrons. The van der Waals surface area contributed by atoms with Crippen LogP contribution in [0, 0.1) is 6.92 Å². The first kappa shape index (κ1) is 16.7. The highest BCUT2D eigenvalue weighted by Gasteiger charge is 2.14. The SMILES string of the molecule is CCCOc1ccc(C(Cl)c2cc(C)cc(Cl)c2)cc1Br. The third-order valence-corrected chi connectivity index (χ3v) is 4.41. The molecule has 21 heavy (non-hydrogen) atoms. The van der Waals surface area contributed by atoms with Crippen molar-refractivity contribution in [3.8, 4) is 5.75 Å². The molecule has 2 aromatic rings. The van der Waals surface area contributed by atoms with E-state index in [1.54, 1.807) is 0 Å². The molecule has 1 atom stereocenters. The number of halogens is 3. The van der Waals surface area contributed by atoms with Crippen molar-refractivity contribution in [1.29, 1.82) is 0 Å². The van der Waals surface area contributed by atoms with Gasteiger partial charge in [0, 0.05) is 5.02 Å². The third kappa shape index (κ3) is 4.38. The summed E-state index contributed by atoms with van der Waals surface area (Å²) >= 11 is 16.2. The first-order chi connectivity index (χ1) is 10.0. The summed E-state index contributed by atoms with van der Waals surface area (Å²) in [6.07, 6.45) is 0.980. The fraction of sp³-hybridized carbons (Fsp3) is 0.294. The maximum absolute atomic E-state index is 6.58. The van der Waals surface area contributed by atoms with Gasteiger partial charge in [-0.1, -0.05) is 30.7 Å². The van der Waals surface area contributed by atoms with Gasteiger partial charge in [0.25, 0.3) is 0 Å². The van der Waals surface area contributed by atoms with E-state index in [0.717, 1.165) is 33.3 Å². The highest BCUT2D eigenvalue weighted by molar-refractivity contribution is 9.10. The van der Waals surface area contributed by atoms with Crippen molar-refractivity contribution in [1.82, 2.24) is 0 Å². The zero-order valence-electron chi connectivity index (χ0n) is 12.0. The molecule has 0 radical (unpaired) electrons. The number of ether oxygens (including phenoxy) is 1. The first-order valence-electron chi connectivity index (χ1n) is 6.84. The van der Waals surface area contributed by atoms with Crippen LogP contribution in [0.4, 0.5) is 0 Å². The highest BCUT2D eigenvalue weighted by atomic mass is 79.9. The van der Waals surface area contributed by atoms with E-state index in [4.69, 9.17) is 27.9 Å². The third-order valence-electron chi connectivity index (χ3n) is 3.07. The van der Waals surface area contributed by atoms with E-state index in [-0.39, 0.29) is 5.38 Å². The summed E-state index contributed by atoms with van der Waals surface area (Å²) in [6, 6.07) is 11.8. The minimum Gasteiger partial charge on any atom is -0.492 e. The van der Waals surface area contributed by atoms with Crippen LogP contribution in [0.3, 0.4) is 0 Å². The lowest BCUT2D eigenvalue weighted by molar-refractivity contribution is 0.315. The molecule has 0 saturated heterocycles. The second kappa shape index (κ2) is 7.53. The van der Waals surface area contributed by atoms with Crippen molar-refractivity contribution in [2.75, 3.05) is 6.61 Å². The molecule has 0 aromatic heterocycles. The number of benzene rings is 2. The standard InChI is InChI=1S/C17H17BrCl2O/c1-3-6-21-16-5-4-12(10-15(16)18)17(20)13-7-11(2)8-14(19)9-13/h4-5,7-10,17H,3,6H2,1-2H3. The molecule has 0 N–H and O–H groups in total. The summed E-state index contributed by atoms with van der Waals surface area (Å²) in [6.45, 7) is 4.80. The highest BCUT2D eigenvalue weighted by Crippen LogP contribution is 2.35. The van der Waals surface area contributed by atoms with Gasteiger partial charge in [0.2, 0.25) is 0 Å². The average molecular weight is 388 g/mol. The normalized spacial score (nSPS) is 12.2. The molecule has 0 aliphatic heterocycles. The molecular weight excluding hydrogens is 371 g/mol. The van der Waals surface area contributed by atoms with Gasteiger partial charge < -0.3 is 4.74 Å². The Morgan fingerprint density at radius 2 is 1.90 bits per heavy atom. The van der Waals surface area contributed by atoms with Crippen LogP contribution in [0.1, 0.15) is 35.4 Å². The van der Waals surface area contributed by atoms with Crippen LogP contribution in [0.2, 0.25) is 5.02 Å². The van der Waals surface area contributed by atoms with Crippen molar-refractivity contribution in [3.05, 3.63) is 62.6 Å². The Bertz CT molecular complexity index is 608. The summed E-state index contributed by atoms with van der Waals surface area (Å²) in [4.78, 5) is 0. The van der Waals surface area contributed by atoms with Crippen LogP contribution in [0.25, 0.3) is 0 Å². The second-order valence-corrected chi connectivity index (χ2v) is 6.69. The van der Waals surface area contributed by atoms with Crippen molar-refractivity contribution < 1.29 is 4.74 Å².